The van der Waals surface area contributed by atoms with Crippen LogP contribution >= 0.6 is 0 Å². The lowest BCUT2D eigenvalue weighted by molar-refractivity contribution is 0.669. The van der Waals surface area contributed by atoms with Gasteiger partial charge in [-0.15, -0.1) is 0 Å². The summed E-state index contributed by atoms with van der Waals surface area (Å²) in [6, 6.07) is 60.6. The summed E-state index contributed by atoms with van der Waals surface area (Å²) in [5, 5.41) is 2.23. The van der Waals surface area contributed by atoms with Crippen molar-refractivity contribution in [1.29, 1.82) is 0 Å². The SMILES string of the molecule is c1ccc(-c2ccc(-c3nc(-c4ccc(-c5ccccc5)cc4)nc(-c4ccc(-c5ccc6oc7ccccc7c6c5)cc4)n3)cc2)cc1. The Labute approximate surface area is 284 Å². The Morgan fingerprint density at radius 2 is 0.612 bits per heavy atom. The molecule has 9 aromatic rings. The van der Waals surface area contributed by atoms with Gasteiger partial charge in [0.25, 0.3) is 0 Å². The Hall–Kier alpha value is -6.65. The lowest BCUT2D eigenvalue weighted by Crippen LogP contribution is -2.00. The number of furan rings is 1. The van der Waals surface area contributed by atoms with E-state index in [1.165, 1.54) is 11.1 Å². The second-order valence-corrected chi connectivity index (χ2v) is 12.1. The van der Waals surface area contributed by atoms with Gasteiger partial charge in [0.15, 0.2) is 17.5 Å². The molecule has 0 bridgehead atoms. The topological polar surface area (TPSA) is 51.8 Å². The van der Waals surface area contributed by atoms with Crippen molar-refractivity contribution in [2.75, 3.05) is 0 Å². The molecule has 0 radical (unpaired) electrons. The van der Waals surface area contributed by atoms with Gasteiger partial charge in [0.1, 0.15) is 11.2 Å². The molecule has 0 saturated heterocycles. The highest BCUT2D eigenvalue weighted by atomic mass is 16.3. The third-order valence-corrected chi connectivity index (χ3v) is 8.99. The zero-order valence-corrected chi connectivity index (χ0v) is 26.5. The highest BCUT2D eigenvalue weighted by Gasteiger charge is 2.14. The molecule has 9 rings (SSSR count). The smallest absolute Gasteiger partial charge is 0.164 e. The number of benzene rings is 7. The predicted octanol–water partition coefficient (Wildman–Crippen LogP) is 11.8. The highest BCUT2D eigenvalue weighted by molar-refractivity contribution is 6.06. The van der Waals surface area contributed by atoms with Crippen LogP contribution in [0.2, 0.25) is 0 Å². The van der Waals surface area contributed by atoms with Crippen LogP contribution in [0.3, 0.4) is 0 Å². The molecule has 49 heavy (non-hydrogen) atoms. The second kappa shape index (κ2) is 12.2. The molecular weight excluding hydrogens is 599 g/mol. The molecule has 0 atom stereocenters. The molecule has 4 nitrogen and oxygen atoms in total. The van der Waals surface area contributed by atoms with Crippen molar-refractivity contribution in [2.45, 2.75) is 0 Å². The first-order valence-electron chi connectivity index (χ1n) is 16.4. The third kappa shape index (κ3) is 5.56. The van der Waals surface area contributed by atoms with Gasteiger partial charge in [-0.3, -0.25) is 0 Å². The van der Waals surface area contributed by atoms with Gasteiger partial charge in [-0.1, -0.05) is 158 Å². The zero-order chi connectivity index (χ0) is 32.6. The van der Waals surface area contributed by atoms with Crippen LogP contribution in [0.4, 0.5) is 0 Å². The number of nitrogens with zero attached hydrogens (tertiary/aromatic N) is 3. The molecule has 0 spiro atoms. The maximum Gasteiger partial charge on any atom is 0.164 e. The molecule has 7 aromatic carbocycles. The maximum absolute atomic E-state index is 6.05. The van der Waals surface area contributed by atoms with Crippen LogP contribution in [-0.4, -0.2) is 15.0 Å². The van der Waals surface area contributed by atoms with E-state index < -0.39 is 0 Å². The van der Waals surface area contributed by atoms with Gasteiger partial charge in [-0.25, -0.2) is 15.0 Å². The summed E-state index contributed by atoms with van der Waals surface area (Å²) < 4.78 is 6.05. The van der Waals surface area contributed by atoms with Gasteiger partial charge in [-0.2, -0.15) is 0 Å². The van der Waals surface area contributed by atoms with Crippen molar-refractivity contribution in [1.82, 2.24) is 15.0 Å². The molecule has 0 aliphatic carbocycles. The lowest BCUT2D eigenvalue weighted by atomic mass is 10.0. The summed E-state index contributed by atoms with van der Waals surface area (Å²) in [7, 11) is 0. The van der Waals surface area contributed by atoms with Crippen LogP contribution < -0.4 is 0 Å². The fourth-order valence-corrected chi connectivity index (χ4v) is 6.37. The molecule has 2 aromatic heterocycles. The van der Waals surface area contributed by atoms with E-state index in [0.717, 1.165) is 60.9 Å². The number of hydrogen-bond donors (Lipinski definition) is 0. The standard InChI is InChI=1S/C45H29N3O/c1-3-9-30(10-4-1)32-15-21-35(22-16-32)43-46-44(36-23-17-33(18-24-36)31-11-5-2-6-12-31)48-45(47-43)37-25-19-34(20-26-37)38-27-28-42-40(29-38)39-13-7-8-14-41(39)49-42/h1-29H. The van der Waals surface area contributed by atoms with Crippen molar-refractivity contribution < 1.29 is 4.42 Å². The fourth-order valence-electron chi connectivity index (χ4n) is 6.37. The van der Waals surface area contributed by atoms with Gasteiger partial charge in [-0.05, 0) is 51.6 Å². The first kappa shape index (κ1) is 28.6. The van der Waals surface area contributed by atoms with Crippen LogP contribution in [0, 0.1) is 0 Å². The molecule has 0 N–H and O–H groups in total. The minimum Gasteiger partial charge on any atom is -0.456 e. The van der Waals surface area contributed by atoms with Gasteiger partial charge in [0, 0.05) is 27.5 Å². The van der Waals surface area contributed by atoms with E-state index in [-0.39, 0.29) is 0 Å². The first-order chi connectivity index (χ1) is 24.2. The summed E-state index contributed by atoms with van der Waals surface area (Å²) in [5.74, 6) is 1.89. The highest BCUT2D eigenvalue weighted by Crippen LogP contribution is 2.34. The van der Waals surface area contributed by atoms with Crippen molar-refractivity contribution in [3.63, 3.8) is 0 Å². The molecule has 230 valence electrons. The first-order valence-corrected chi connectivity index (χ1v) is 16.4. The van der Waals surface area contributed by atoms with Crippen LogP contribution in [0.5, 0.6) is 0 Å². The van der Waals surface area contributed by atoms with Crippen molar-refractivity contribution in [2.24, 2.45) is 0 Å². The minimum absolute atomic E-state index is 0.627. The van der Waals surface area contributed by atoms with E-state index in [9.17, 15) is 0 Å². The van der Waals surface area contributed by atoms with Crippen molar-refractivity contribution >= 4 is 21.9 Å². The lowest BCUT2D eigenvalue weighted by Gasteiger charge is -2.10. The Kier molecular flexibility index (Phi) is 7.10. The molecule has 4 heteroatoms. The number of hydrogen-bond acceptors (Lipinski definition) is 4. The molecule has 0 aliphatic heterocycles. The summed E-state index contributed by atoms with van der Waals surface area (Å²) in [5.41, 5.74) is 11.4. The molecule has 0 saturated carbocycles. The van der Waals surface area contributed by atoms with E-state index >= 15 is 0 Å². The van der Waals surface area contributed by atoms with Gasteiger partial charge in [0.2, 0.25) is 0 Å². The van der Waals surface area contributed by atoms with Crippen molar-refractivity contribution in [3.8, 4) is 67.5 Å². The predicted molar refractivity (Wildman–Crippen MR) is 200 cm³/mol. The quantitative estimate of drug-likeness (QED) is 0.184. The maximum atomic E-state index is 6.05. The number of fused-ring (bicyclic) bond motifs is 3. The average Bonchev–Trinajstić information content (AvgIpc) is 3.57. The number of rotatable bonds is 6. The average molecular weight is 628 g/mol. The van der Waals surface area contributed by atoms with E-state index in [4.69, 9.17) is 19.4 Å². The van der Waals surface area contributed by atoms with Crippen LogP contribution in [0.25, 0.3) is 89.5 Å². The Balaban J connectivity index is 1.10. The molecule has 0 amide bonds. The Morgan fingerprint density at radius 3 is 1.10 bits per heavy atom. The molecular formula is C45H29N3O. The Morgan fingerprint density at radius 1 is 0.265 bits per heavy atom. The summed E-state index contributed by atoms with van der Waals surface area (Å²) in [6.45, 7) is 0. The third-order valence-electron chi connectivity index (χ3n) is 8.99. The summed E-state index contributed by atoms with van der Waals surface area (Å²) in [6.07, 6.45) is 0. The number of para-hydroxylation sites is 1. The van der Waals surface area contributed by atoms with E-state index in [1.54, 1.807) is 0 Å². The van der Waals surface area contributed by atoms with Crippen molar-refractivity contribution in [3.05, 3.63) is 176 Å². The summed E-state index contributed by atoms with van der Waals surface area (Å²) >= 11 is 0. The van der Waals surface area contributed by atoms with Crippen LogP contribution in [0.1, 0.15) is 0 Å². The second-order valence-electron chi connectivity index (χ2n) is 12.1. The minimum atomic E-state index is 0.627. The monoisotopic (exact) mass is 627 g/mol. The van der Waals surface area contributed by atoms with Gasteiger partial charge >= 0.3 is 0 Å². The van der Waals surface area contributed by atoms with E-state index in [2.05, 4.69) is 146 Å². The summed E-state index contributed by atoms with van der Waals surface area (Å²) in [4.78, 5) is 15.0. The fraction of sp³-hybridized carbons (Fsp3) is 0. The van der Waals surface area contributed by atoms with Gasteiger partial charge in [0.05, 0.1) is 0 Å². The molecule has 0 unspecified atom stereocenters. The Bertz CT molecular complexity index is 2460. The van der Waals surface area contributed by atoms with Crippen LogP contribution in [0.15, 0.2) is 180 Å². The van der Waals surface area contributed by atoms with E-state index in [0.29, 0.717) is 17.5 Å². The number of aromatic nitrogens is 3. The van der Waals surface area contributed by atoms with Gasteiger partial charge < -0.3 is 4.42 Å². The normalized spacial score (nSPS) is 11.3. The van der Waals surface area contributed by atoms with E-state index in [1.807, 2.05) is 30.3 Å². The van der Waals surface area contributed by atoms with Crippen LogP contribution in [-0.2, 0) is 0 Å². The largest absolute Gasteiger partial charge is 0.456 e. The molecule has 0 fully saturated rings. The molecule has 2 heterocycles. The molecule has 0 aliphatic rings. The zero-order valence-electron chi connectivity index (χ0n) is 26.5.